The topological polar surface area (TPSA) is 56.9 Å². The van der Waals surface area contributed by atoms with Crippen LogP contribution in [0.2, 0.25) is 5.02 Å². The fraction of sp³-hybridized carbons (Fsp3) is 0.357. The summed E-state index contributed by atoms with van der Waals surface area (Å²) in [6.45, 7) is 3.76. The molecule has 1 aromatic heterocycles. The molecule has 100 valence electrons. The van der Waals surface area contributed by atoms with E-state index in [1.165, 1.54) is 0 Å². The predicted octanol–water partition coefficient (Wildman–Crippen LogP) is 2.22. The number of rotatable bonds is 2. The van der Waals surface area contributed by atoms with Crippen molar-refractivity contribution in [1.82, 2.24) is 15.6 Å². The Kier molecular flexibility index (Phi) is 3.21. The molecule has 3 rings (SSSR count). The van der Waals surface area contributed by atoms with Crippen molar-refractivity contribution in [2.24, 2.45) is 0 Å². The number of aromatic nitrogens is 1. The molecule has 1 aromatic carbocycles. The van der Waals surface area contributed by atoms with E-state index in [4.69, 9.17) is 11.6 Å². The zero-order valence-corrected chi connectivity index (χ0v) is 11.5. The molecular formula is C14H16ClN3O. The number of H-pyrrole nitrogens is 1. The van der Waals surface area contributed by atoms with Crippen LogP contribution in [-0.4, -0.2) is 30.0 Å². The molecule has 0 spiro atoms. The largest absolute Gasteiger partial charge is 0.350 e. The molecule has 1 fully saturated rings. The highest BCUT2D eigenvalue weighted by Gasteiger charge is 2.19. The number of halogens is 1. The van der Waals surface area contributed by atoms with Crippen molar-refractivity contribution in [1.29, 1.82) is 0 Å². The lowest BCUT2D eigenvalue weighted by Gasteiger charge is -2.09. The lowest BCUT2D eigenvalue weighted by molar-refractivity contribution is 0.0936. The Morgan fingerprint density at radius 1 is 1.47 bits per heavy atom. The van der Waals surface area contributed by atoms with E-state index in [9.17, 15) is 4.79 Å². The van der Waals surface area contributed by atoms with E-state index in [-0.39, 0.29) is 11.9 Å². The number of carbonyl (C=O) groups excluding carboxylic acids is 1. The number of carbonyl (C=O) groups is 1. The number of aryl methyl sites for hydroxylation is 1. The lowest BCUT2D eigenvalue weighted by Crippen LogP contribution is -2.36. The van der Waals surface area contributed by atoms with Crippen LogP contribution in [0.1, 0.15) is 22.5 Å². The summed E-state index contributed by atoms with van der Waals surface area (Å²) in [7, 11) is 0. The molecule has 1 amide bonds. The van der Waals surface area contributed by atoms with Crippen molar-refractivity contribution in [3.05, 3.63) is 34.5 Å². The second kappa shape index (κ2) is 4.87. The number of hydrogen-bond donors (Lipinski definition) is 3. The summed E-state index contributed by atoms with van der Waals surface area (Å²) in [5, 5.41) is 7.97. The van der Waals surface area contributed by atoms with Crippen molar-refractivity contribution >= 4 is 28.4 Å². The third-order valence-electron chi connectivity index (χ3n) is 3.63. The van der Waals surface area contributed by atoms with E-state index < -0.39 is 0 Å². The molecule has 1 saturated heterocycles. The Morgan fingerprint density at radius 3 is 3.05 bits per heavy atom. The van der Waals surface area contributed by atoms with E-state index in [2.05, 4.69) is 15.6 Å². The number of aromatic amines is 1. The van der Waals surface area contributed by atoms with Gasteiger partial charge in [-0.3, -0.25) is 4.79 Å². The average molecular weight is 278 g/mol. The highest BCUT2D eigenvalue weighted by molar-refractivity contribution is 6.32. The van der Waals surface area contributed by atoms with Crippen molar-refractivity contribution < 1.29 is 4.79 Å². The van der Waals surface area contributed by atoms with E-state index in [0.717, 1.165) is 36.0 Å². The zero-order chi connectivity index (χ0) is 13.4. The summed E-state index contributed by atoms with van der Waals surface area (Å²) in [4.78, 5) is 15.3. The third kappa shape index (κ3) is 2.33. The van der Waals surface area contributed by atoms with E-state index in [1.54, 1.807) is 0 Å². The van der Waals surface area contributed by atoms with Crippen LogP contribution in [-0.2, 0) is 0 Å². The monoisotopic (exact) mass is 277 g/mol. The molecule has 0 bridgehead atoms. The molecule has 5 heteroatoms. The molecule has 19 heavy (non-hydrogen) atoms. The average Bonchev–Trinajstić information content (AvgIpc) is 3.02. The Hall–Kier alpha value is -1.52. The highest BCUT2D eigenvalue weighted by atomic mass is 35.5. The predicted molar refractivity (Wildman–Crippen MR) is 76.8 cm³/mol. The van der Waals surface area contributed by atoms with Gasteiger partial charge in [-0.05, 0) is 37.6 Å². The fourth-order valence-electron chi connectivity index (χ4n) is 2.48. The Morgan fingerprint density at radius 2 is 2.32 bits per heavy atom. The van der Waals surface area contributed by atoms with Gasteiger partial charge in [0.2, 0.25) is 0 Å². The van der Waals surface area contributed by atoms with Crippen LogP contribution in [0.3, 0.4) is 0 Å². The second-order valence-corrected chi connectivity index (χ2v) is 5.39. The fourth-order valence-corrected chi connectivity index (χ4v) is 2.64. The molecule has 1 aliphatic rings. The van der Waals surface area contributed by atoms with Crippen molar-refractivity contribution in [3.63, 3.8) is 0 Å². The number of hydrogen-bond acceptors (Lipinski definition) is 2. The number of benzene rings is 1. The lowest BCUT2D eigenvalue weighted by atomic mass is 10.1. The van der Waals surface area contributed by atoms with Crippen LogP contribution in [0.4, 0.5) is 0 Å². The van der Waals surface area contributed by atoms with E-state index in [1.807, 2.05) is 25.1 Å². The summed E-state index contributed by atoms with van der Waals surface area (Å²) in [5.74, 6) is -0.0552. The Bertz CT molecular complexity index is 629. The van der Waals surface area contributed by atoms with Gasteiger partial charge in [-0.2, -0.15) is 0 Å². The van der Waals surface area contributed by atoms with Gasteiger partial charge in [0.1, 0.15) is 5.69 Å². The summed E-state index contributed by atoms with van der Waals surface area (Å²) in [6.07, 6.45) is 0.983. The first-order valence-electron chi connectivity index (χ1n) is 6.44. The summed E-state index contributed by atoms with van der Waals surface area (Å²) in [5.41, 5.74) is 2.50. The molecule has 3 N–H and O–H groups in total. The summed E-state index contributed by atoms with van der Waals surface area (Å²) in [6, 6.07) is 5.88. The molecule has 1 unspecified atom stereocenters. The molecule has 2 heterocycles. The normalized spacial score (nSPS) is 18.9. The quantitative estimate of drug-likeness (QED) is 0.788. The SMILES string of the molecule is Cc1c(Cl)ccc2cc(C(=O)NC3CCNC3)[nH]c12. The molecule has 4 nitrogen and oxygen atoms in total. The van der Waals surface area contributed by atoms with Crippen LogP contribution in [0.25, 0.3) is 10.9 Å². The molecule has 0 saturated carbocycles. The first-order chi connectivity index (χ1) is 9.15. The van der Waals surface area contributed by atoms with Crippen LogP contribution in [0, 0.1) is 6.92 Å². The summed E-state index contributed by atoms with van der Waals surface area (Å²) < 4.78 is 0. The number of fused-ring (bicyclic) bond motifs is 1. The van der Waals surface area contributed by atoms with E-state index in [0.29, 0.717) is 10.7 Å². The van der Waals surface area contributed by atoms with Gasteiger partial charge in [-0.25, -0.2) is 0 Å². The Labute approximate surface area is 116 Å². The highest BCUT2D eigenvalue weighted by Crippen LogP contribution is 2.25. The minimum Gasteiger partial charge on any atom is -0.350 e. The first-order valence-corrected chi connectivity index (χ1v) is 6.82. The van der Waals surface area contributed by atoms with E-state index >= 15 is 0 Å². The molecule has 0 radical (unpaired) electrons. The van der Waals surface area contributed by atoms with Crippen molar-refractivity contribution in [2.75, 3.05) is 13.1 Å². The van der Waals surface area contributed by atoms with Gasteiger partial charge in [0.25, 0.3) is 5.91 Å². The van der Waals surface area contributed by atoms with Crippen LogP contribution in [0.15, 0.2) is 18.2 Å². The van der Waals surface area contributed by atoms with Crippen LogP contribution in [0.5, 0.6) is 0 Å². The van der Waals surface area contributed by atoms with Gasteiger partial charge in [-0.1, -0.05) is 17.7 Å². The number of amides is 1. The summed E-state index contributed by atoms with van der Waals surface area (Å²) >= 11 is 6.09. The Balaban J connectivity index is 1.88. The van der Waals surface area contributed by atoms with Gasteiger partial charge >= 0.3 is 0 Å². The van der Waals surface area contributed by atoms with Crippen molar-refractivity contribution in [3.8, 4) is 0 Å². The third-order valence-corrected chi connectivity index (χ3v) is 4.04. The minimum absolute atomic E-state index is 0.0552. The molecule has 1 atom stereocenters. The maximum Gasteiger partial charge on any atom is 0.267 e. The van der Waals surface area contributed by atoms with Gasteiger partial charge in [0, 0.05) is 23.0 Å². The van der Waals surface area contributed by atoms with Gasteiger partial charge in [0.05, 0.1) is 5.52 Å². The van der Waals surface area contributed by atoms with Gasteiger partial charge < -0.3 is 15.6 Å². The molecule has 1 aliphatic heterocycles. The molecule has 2 aromatic rings. The maximum absolute atomic E-state index is 12.2. The van der Waals surface area contributed by atoms with Crippen LogP contribution >= 0.6 is 11.6 Å². The standard InChI is InChI=1S/C14H16ClN3O/c1-8-11(15)3-2-9-6-12(18-13(8)9)14(19)17-10-4-5-16-7-10/h2-3,6,10,16,18H,4-5,7H2,1H3,(H,17,19). The van der Waals surface area contributed by atoms with Gasteiger partial charge in [-0.15, -0.1) is 0 Å². The maximum atomic E-state index is 12.2. The van der Waals surface area contributed by atoms with Crippen LogP contribution < -0.4 is 10.6 Å². The van der Waals surface area contributed by atoms with Crippen molar-refractivity contribution in [2.45, 2.75) is 19.4 Å². The number of nitrogens with one attached hydrogen (secondary N) is 3. The molecule has 0 aliphatic carbocycles. The molecular weight excluding hydrogens is 262 g/mol. The second-order valence-electron chi connectivity index (χ2n) is 4.98. The smallest absolute Gasteiger partial charge is 0.267 e. The minimum atomic E-state index is -0.0552. The van der Waals surface area contributed by atoms with Gasteiger partial charge in [0.15, 0.2) is 0 Å². The zero-order valence-electron chi connectivity index (χ0n) is 10.7. The first kappa shape index (κ1) is 12.5.